The van der Waals surface area contributed by atoms with E-state index in [1.807, 2.05) is 47.4 Å². The van der Waals surface area contributed by atoms with Crippen molar-refractivity contribution < 1.29 is 9.59 Å². The van der Waals surface area contributed by atoms with Crippen LogP contribution in [0.4, 0.5) is 5.69 Å². The number of fused-ring (bicyclic) bond motifs is 2. The molecular weight excluding hydrogens is 376 g/mol. The van der Waals surface area contributed by atoms with Crippen LogP contribution in [0.3, 0.4) is 0 Å². The predicted molar refractivity (Wildman–Crippen MR) is 116 cm³/mol. The standard InChI is InChI=1S/C24H26N4O2/c29-22-11-5-7-17-6-1-4-10-21(17)28(22)16-23(30)27-14-12-18(13-15-27)24-25-19-8-2-3-9-20(19)26-24/h1-4,6,8-10,18H,5,7,11-16H2,(H,25,26). The van der Waals surface area contributed by atoms with Crippen LogP contribution in [0.25, 0.3) is 11.0 Å². The molecule has 30 heavy (non-hydrogen) atoms. The zero-order valence-electron chi connectivity index (χ0n) is 17.0. The van der Waals surface area contributed by atoms with Gasteiger partial charge in [-0.15, -0.1) is 0 Å². The first kappa shape index (κ1) is 18.9. The molecule has 0 aliphatic carbocycles. The largest absolute Gasteiger partial charge is 0.342 e. The number of rotatable bonds is 3. The molecule has 3 heterocycles. The van der Waals surface area contributed by atoms with E-state index in [0.717, 1.165) is 53.8 Å². The summed E-state index contributed by atoms with van der Waals surface area (Å²) in [5.41, 5.74) is 4.10. The fourth-order valence-electron chi connectivity index (χ4n) is 4.66. The number of H-pyrrole nitrogens is 1. The Labute approximate surface area is 175 Å². The molecule has 2 aliphatic rings. The Morgan fingerprint density at radius 3 is 2.63 bits per heavy atom. The lowest BCUT2D eigenvalue weighted by molar-refractivity contribution is -0.132. The number of piperidine rings is 1. The minimum Gasteiger partial charge on any atom is -0.342 e. The molecule has 1 N–H and O–H groups in total. The number of nitrogens with one attached hydrogen (secondary N) is 1. The summed E-state index contributed by atoms with van der Waals surface area (Å²) in [5, 5.41) is 0. The maximum absolute atomic E-state index is 13.0. The highest BCUT2D eigenvalue weighted by atomic mass is 16.2. The number of carbonyl (C=O) groups is 2. The third kappa shape index (κ3) is 3.58. The Morgan fingerprint density at radius 2 is 1.80 bits per heavy atom. The van der Waals surface area contributed by atoms with Crippen molar-refractivity contribution in [2.45, 2.75) is 38.0 Å². The van der Waals surface area contributed by atoms with Crippen molar-refractivity contribution in [1.82, 2.24) is 14.9 Å². The summed E-state index contributed by atoms with van der Waals surface area (Å²) in [6, 6.07) is 16.0. The number of nitrogens with zero attached hydrogens (tertiary/aromatic N) is 3. The first-order valence-corrected chi connectivity index (χ1v) is 10.8. The van der Waals surface area contributed by atoms with Crippen LogP contribution in [0.1, 0.15) is 43.0 Å². The SMILES string of the molecule is O=C(CN1C(=O)CCCc2ccccc21)N1CCC(c2nc3ccccc3[nH]2)CC1. The van der Waals surface area contributed by atoms with Crippen molar-refractivity contribution in [3.8, 4) is 0 Å². The van der Waals surface area contributed by atoms with Crippen LogP contribution in [-0.4, -0.2) is 46.3 Å². The summed E-state index contributed by atoms with van der Waals surface area (Å²) in [6.45, 7) is 1.53. The molecule has 6 heteroatoms. The van der Waals surface area contributed by atoms with E-state index >= 15 is 0 Å². The zero-order chi connectivity index (χ0) is 20.5. The van der Waals surface area contributed by atoms with E-state index in [1.165, 1.54) is 0 Å². The number of aryl methyl sites for hydroxylation is 1. The summed E-state index contributed by atoms with van der Waals surface area (Å²) in [5.74, 6) is 1.43. The van der Waals surface area contributed by atoms with E-state index in [4.69, 9.17) is 4.98 Å². The Balaban J connectivity index is 1.25. The number of carbonyl (C=O) groups excluding carboxylic acids is 2. The van der Waals surface area contributed by atoms with Gasteiger partial charge in [0.15, 0.2) is 0 Å². The van der Waals surface area contributed by atoms with Crippen LogP contribution in [-0.2, 0) is 16.0 Å². The van der Waals surface area contributed by atoms with E-state index in [-0.39, 0.29) is 18.4 Å². The molecule has 0 saturated carbocycles. The number of hydrogen-bond donors (Lipinski definition) is 1. The van der Waals surface area contributed by atoms with Gasteiger partial charge in [-0.3, -0.25) is 9.59 Å². The molecule has 0 bridgehead atoms. The second-order valence-electron chi connectivity index (χ2n) is 8.26. The molecule has 0 spiro atoms. The fourth-order valence-corrected chi connectivity index (χ4v) is 4.66. The number of aromatic amines is 1. The molecule has 1 aromatic heterocycles. The monoisotopic (exact) mass is 402 g/mol. The highest BCUT2D eigenvalue weighted by Gasteiger charge is 2.29. The predicted octanol–water partition coefficient (Wildman–Crippen LogP) is 3.64. The van der Waals surface area contributed by atoms with Crippen LogP contribution in [0, 0.1) is 0 Å². The van der Waals surface area contributed by atoms with Gasteiger partial charge in [0.1, 0.15) is 12.4 Å². The van der Waals surface area contributed by atoms with Gasteiger partial charge in [0, 0.05) is 31.1 Å². The number of benzene rings is 2. The molecule has 2 aromatic carbocycles. The molecule has 0 radical (unpaired) electrons. The van der Waals surface area contributed by atoms with Crippen LogP contribution >= 0.6 is 0 Å². The highest BCUT2D eigenvalue weighted by molar-refractivity contribution is 5.99. The lowest BCUT2D eigenvalue weighted by atomic mass is 9.96. The summed E-state index contributed by atoms with van der Waals surface area (Å²) < 4.78 is 0. The summed E-state index contributed by atoms with van der Waals surface area (Å²) in [6.07, 6.45) is 3.99. The normalized spacial score (nSPS) is 17.8. The number of aromatic nitrogens is 2. The second kappa shape index (κ2) is 7.94. The Kier molecular flexibility index (Phi) is 4.99. The third-order valence-corrected chi connectivity index (χ3v) is 6.36. The van der Waals surface area contributed by atoms with Crippen molar-refractivity contribution in [1.29, 1.82) is 0 Å². The van der Waals surface area contributed by atoms with Gasteiger partial charge >= 0.3 is 0 Å². The average Bonchev–Trinajstić information content (AvgIpc) is 3.15. The zero-order valence-corrected chi connectivity index (χ0v) is 17.0. The van der Waals surface area contributed by atoms with E-state index in [2.05, 4.69) is 11.1 Å². The van der Waals surface area contributed by atoms with Crippen LogP contribution in [0.2, 0.25) is 0 Å². The van der Waals surface area contributed by atoms with Gasteiger partial charge in [-0.2, -0.15) is 0 Å². The molecule has 0 atom stereocenters. The minimum absolute atomic E-state index is 0.0307. The first-order valence-electron chi connectivity index (χ1n) is 10.8. The highest BCUT2D eigenvalue weighted by Crippen LogP contribution is 2.29. The molecular formula is C24H26N4O2. The Hall–Kier alpha value is -3.15. The summed E-state index contributed by atoms with van der Waals surface area (Å²) in [4.78, 5) is 37.4. The third-order valence-electron chi connectivity index (χ3n) is 6.36. The van der Waals surface area contributed by atoms with Gasteiger partial charge in [-0.25, -0.2) is 4.98 Å². The average molecular weight is 402 g/mol. The maximum atomic E-state index is 13.0. The van der Waals surface area contributed by atoms with Crippen LogP contribution in [0.15, 0.2) is 48.5 Å². The topological polar surface area (TPSA) is 69.3 Å². The van der Waals surface area contributed by atoms with Crippen LogP contribution < -0.4 is 4.90 Å². The molecule has 5 rings (SSSR count). The van der Waals surface area contributed by atoms with Crippen molar-refractivity contribution in [2.24, 2.45) is 0 Å². The molecule has 2 amide bonds. The molecule has 3 aromatic rings. The van der Waals surface area contributed by atoms with Crippen molar-refractivity contribution >= 4 is 28.5 Å². The lowest BCUT2D eigenvalue weighted by Gasteiger charge is -2.33. The van der Waals surface area contributed by atoms with Gasteiger partial charge < -0.3 is 14.8 Å². The van der Waals surface area contributed by atoms with Gasteiger partial charge in [0.2, 0.25) is 11.8 Å². The molecule has 154 valence electrons. The number of amides is 2. The number of anilines is 1. The first-order chi connectivity index (χ1) is 14.7. The van der Waals surface area contributed by atoms with E-state index in [1.54, 1.807) is 4.90 Å². The van der Waals surface area contributed by atoms with Gasteiger partial charge in [-0.1, -0.05) is 30.3 Å². The quantitative estimate of drug-likeness (QED) is 0.727. The smallest absolute Gasteiger partial charge is 0.242 e. The fraction of sp³-hybridized carbons (Fsp3) is 0.375. The molecule has 1 saturated heterocycles. The number of likely N-dealkylation sites (tertiary alicyclic amines) is 1. The summed E-state index contributed by atoms with van der Waals surface area (Å²) >= 11 is 0. The van der Waals surface area contributed by atoms with Crippen LogP contribution in [0.5, 0.6) is 0 Å². The lowest BCUT2D eigenvalue weighted by Crippen LogP contribution is -2.45. The molecule has 0 unspecified atom stereocenters. The molecule has 2 aliphatic heterocycles. The van der Waals surface area contributed by atoms with E-state index in [0.29, 0.717) is 25.4 Å². The van der Waals surface area contributed by atoms with Gasteiger partial charge in [0.05, 0.1) is 11.0 Å². The summed E-state index contributed by atoms with van der Waals surface area (Å²) in [7, 11) is 0. The molecule has 1 fully saturated rings. The molecule has 6 nitrogen and oxygen atoms in total. The minimum atomic E-state index is 0.0307. The van der Waals surface area contributed by atoms with Crippen molar-refractivity contribution in [3.63, 3.8) is 0 Å². The number of imidazole rings is 1. The van der Waals surface area contributed by atoms with Gasteiger partial charge in [-0.05, 0) is 49.4 Å². The Bertz CT molecular complexity index is 1050. The number of para-hydroxylation sites is 3. The van der Waals surface area contributed by atoms with E-state index in [9.17, 15) is 9.59 Å². The van der Waals surface area contributed by atoms with Crippen molar-refractivity contribution in [2.75, 3.05) is 24.5 Å². The van der Waals surface area contributed by atoms with Gasteiger partial charge in [0.25, 0.3) is 0 Å². The maximum Gasteiger partial charge on any atom is 0.242 e. The number of hydrogen-bond acceptors (Lipinski definition) is 3. The van der Waals surface area contributed by atoms with Crippen molar-refractivity contribution in [3.05, 3.63) is 59.9 Å². The Morgan fingerprint density at radius 1 is 1.03 bits per heavy atom. The second-order valence-corrected chi connectivity index (χ2v) is 8.26. The van der Waals surface area contributed by atoms with E-state index < -0.39 is 0 Å².